The monoisotopic (exact) mass is 432 g/mol. The molecule has 168 valence electrons. The summed E-state index contributed by atoms with van der Waals surface area (Å²) in [5, 5.41) is 61.6. The number of aliphatic hydroxyl groups is 5. The summed E-state index contributed by atoms with van der Waals surface area (Å²) in [5.41, 5.74) is -1.19. The Kier molecular flexibility index (Phi) is 8.62. The molecule has 0 fully saturated rings. The van der Waals surface area contributed by atoms with Crippen LogP contribution in [0.2, 0.25) is 0 Å². The van der Waals surface area contributed by atoms with Gasteiger partial charge >= 0.3 is 12.1 Å². The highest BCUT2D eigenvalue weighted by Crippen LogP contribution is 2.18. The number of aliphatic hydroxyl groups excluding tert-OH is 5. The van der Waals surface area contributed by atoms with E-state index in [1.165, 1.54) is 0 Å². The zero-order valence-corrected chi connectivity index (χ0v) is 16.3. The Hall–Kier alpha value is -2.84. The van der Waals surface area contributed by atoms with Gasteiger partial charge < -0.3 is 35.0 Å². The highest BCUT2D eigenvalue weighted by atomic mass is 16.6. The number of esters is 1. The van der Waals surface area contributed by atoms with E-state index in [0.717, 1.165) is 24.3 Å². The number of carbonyl (C=O) groups is 2. The predicted molar refractivity (Wildman–Crippen MR) is 98.1 cm³/mol. The average Bonchev–Trinajstić information content (AvgIpc) is 2.64. The average molecular weight is 432 g/mol. The van der Waals surface area contributed by atoms with Gasteiger partial charge in [0.1, 0.15) is 29.7 Å². The van der Waals surface area contributed by atoms with Crippen molar-refractivity contribution in [1.29, 1.82) is 0 Å². The molecular weight excluding hydrogens is 408 g/mol. The second kappa shape index (κ2) is 10.3. The van der Waals surface area contributed by atoms with Crippen LogP contribution in [0.15, 0.2) is 24.3 Å². The number of nitrogens with zero attached hydrogens (tertiary/aromatic N) is 1. The molecule has 0 aliphatic rings. The number of nitro groups is 1. The minimum Gasteiger partial charge on any atom is -0.444 e. The molecule has 1 amide bonds. The molecule has 5 unspecified atom stereocenters. The first-order chi connectivity index (χ1) is 13.7. The van der Waals surface area contributed by atoms with E-state index in [9.17, 15) is 45.2 Å². The number of hydrogen-bond donors (Lipinski definition) is 6. The fourth-order valence-electron chi connectivity index (χ4n) is 2.04. The first-order valence-corrected chi connectivity index (χ1v) is 8.59. The molecule has 0 saturated heterocycles. The highest BCUT2D eigenvalue weighted by molar-refractivity contribution is 5.77. The highest BCUT2D eigenvalue weighted by Gasteiger charge is 2.39. The second-order valence-corrected chi connectivity index (χ2v) is 7.18. The van der Waals surface area contributed by atoms with Crippen LogP contribution in [0.1, 0.15) is 20.8 Å². The number of rotatable bonds is 8. The second-order valence-electron chi connectivity index (χ2n) is 7.18. The van der Waals surface area contributed by atoms with Gasteiger partial charge in [0.05, 0.1) is 4.92 Å². The fourth-order valence-corrected chi connectivity index (χ4v) is 2.04. The third kappa shape index (κ3) is 7.53. The summed E-state index contributed by atoms with van der Waals surface area (Å²) >= 11 is 0. The van der Waals surface area contributed by atoms with Crippen LogP contribution >= 0.6 is 0 Å². The molecular formula is C17H24N2O11. The molecule has 0 aliphatic carbocycles. The smallest absolute Gasteiger partial charge is 0.409 e. The van der Waals surface area contributed by atoms with Crippen molar-refractivity contribution in [3.05, 3.63) is 34.4 Å². The SMILES string of the molecule is CC(C)(C)OC(=O)NC(O)C(O)C(O)C(O)C(O)C(=O)Oc1ccc([N+](=O)[O-])cc1. The van der Waals surface area contributed by atoms with Crippen LogP contribution in [0.5, 0.6) is 5.75 Å². The van der Waals surface area contributed by atoms with Crippen molar-refractivity contribution in [2.45, 2.75) is 57.0 Å². The van der Waals surface area contributed by atoms with Crippen molar-refractivity contribution in [2.75, 3.05) is 0 Å². The summed E-state index contributed by atoms with van der Waals surface area (Å²) < 4.78 is 9.57. The van der Waals surface area contributed by atoms with Gasteiger partial charge in [-0.05, 0) is 32.9 Å². The molecule has 6 N–H and O–H groups in total. The Morgan fingerprint density at radius 1 is 1.00 bits per heavy atom. The summed E-state index contributed by atoms with van der Waals surface area (Å²) in [5.74, 6) is -1.64. The molecule has 13 heteroatoms. The number of benzene rings is 1. The first kappa shape index (κ1) is 25.2. The third-order valence-corrected chi connectivity index (χ3v) is 3.52. The van der Waals surface area contributed by atoms with Crippen molar-refractivity contribution in [3.63, 3.8) is 0 Å². The third-order valence-electron chi connectivity index (χ3n) is 3.52. The number of nitro benzene ring substituents is 1. The topological polar surface area (TPSA) is 209 Å². The molecule has 1 rings (SSSR count). The maximum atomic E-state index is 11.9. The van der Waals surface area contributed by atoms with Crippen LogP contribution in [0.25, 0.3) is 0 Å². The molecule has 1 aromatic carbocycles. The maximum Gasteiger partial charge on any atom is 0.409 e. The zero-order chi connectivity index (χ0) is 23.2. The zero-order valence-electron chi connectivity index (χ0n) is 16.3. The Balaban J connectivity index is 2.68. The summed E-state index contributed by atoms with van der Waals surface area (Å²) in [6, 6.07) is 4.19. The number of non-ortho nitro benzene ring substituents is 1. The van der Waals surface area contributed by atoms with Crippen LogP contribution < -0.4 is 10.1 Å². The largest absolute Gasteiger partial charge is 0.444 e. The van der Waals surface area contributed by atoms with E-state index in [-0.39, 0.29) is 11.4 Å². The first-order valence-electron chi connectivity index (χ1n) is 8.59. The van der Waals surface area contributed by atoms with Gasteiger partial charge in [-0.25, -0.2) is 9.59 Å². The standard InChI is InChI=1S/C17H24N2O11/c1-17(2,3)30-16(26)18-14(24)12(22)10(20)11(21)13(23)15(25)29-9-6-4-8(5-7-9)19(27)28/h4-7,10-14,20-24H,1-3H3,(H,18,26). The molecule has 0 aliphatic heterocycles. The summed E-state index contributed by atoms with van der Waals surface area (Å²) in [4.78, 5) is 33.4. The Morgan fingerprint density at radius 2 is 1.53 bits per heavy atom. The molecule has 1 aromatic rings. The summed E-state index contributed by atoms with van der Waals surface area (Å²) in [7, 11) is 0. The number of nitrogens with one attached hydrogen (secondary N) is 1. The van der Waals surface area contributed by atoms with Crippen LogP contribution in [0, 0.1) is 10.1 Å². The maximum absolute atomic E-state index is 11.9. The van der Waals surface area contributed by atoms with Gasteiger partial charge in [-0.3, -0.25) is 15.4 Å². The molecule has 13 nitrogen and oxygen atoms in total. The normalized spacial score (nSPS) is 16.5. The molecule has 0 radical (unpaired) electrons. The van der Waals surface area contributed by atoms with Crippen molar-refractivity contribution in [3.8, 4) is 5.75 Å². The van der Waals surface area contributed by atoms with Gasteiger partial charge in [0.15, 0.2) is 12.3 Å². The lowest BCUT2D eigenvalue weighted by atomic mass is 10.0. The van der Waals surface area contributed by atoms with Crippen molar-refractivity contribution in [2.24, 2.45) is 0 Å². The van der Waals surface area contributed by atoms with Gasteiger partial charge in [0.2, 0.25) is 0 Å². The number of ether oxygens (including phenoxy) is 2. The predicted octanol–water partition coefficient (Wildman–Crippen LogP) is -1.21. The van der Waals surface area contributed by atoms with Gasteiger partial charge in [-0.2, -0.15) is 0 Å². The van der Waals surface area contributed by atoms with Crippen LogP contribution in [-0.4, -0.2) is 78.8 Å². The molecule has 0 saturated carbocycles. The number of carbonyl (C=O) groups excluding carboxylic acids is 2. The van der Waals surface area contributed by atoms with Crippen LogP contribution in [0.4, 0.5) is 10.5 Å². The quantitative estimate of drug-likeness (QED) is 0.0943. The lowest BCUT2D eigenvalue weighted by Crippen LogP contribution is -2.56. The van der Waals surface area contributed by atoms with Crippen molar-refractivity contribution < 1.29 is 49.5 Å². The Labute approximate surface area is 170 Å². The van der Waals surface area contributed by atoms with E-state index < -0.39 is 53.2 Å². The summed E-state index contributed by atoms with van der Waals surface area (Å²) in [6.07, 6.45) is -12.4. The Morgan fingerprint density at radius 3 is 2.00 bits per heavy atom. The number of amides is 1. The van der Waals surface area contributed by atoms with E-state index >= 15 is 0 Å². The molecule has 0 heterocycles. The van der Waals surface area contributed by atoms with Crippen molar-refractivity contribution in [1.82, 2.24) is 5.32 Å². The minimum atomic E-state index is -2.36. The van der Waals surface area contributed by atoms with E-state index in [1.54, 1.807) is 20.8 Å². The van der Waals surface area contributed by atoms with Crippen LogP contribution in [-0.2, 0) is 9.53 Å². The lowest BCUT2D eigenvalue weighted by Gasteiger charge is -2.29. The van der Waals surface area contributed by atoms with Gasteiger partial charge in [-0.1, -0.05) is 0 Å². The molecule has 0 bridgehead atoms. The Bertz CT molecular complexity index is 747. The van der Waals surface area contributed by atoms with E-state index in [4.69, 9.17) is 9.47 Å². The minimum absolute atomic E-state index is 0.196. The van der Waals surface area contributed by atoms with E-state index in [1.807, 2.05) is 5.32 Å². The fraction of sp³-hybridized carbons (Fsp3) is 0.529. The summed E-state index contributed by atoms with van der Waals surface area (Å²) in [6.45, 7) is 4.63. The number of hydrogen-bond acceptors (Lipinski definition) is 11. The molecule has 0 aromatic heterocycles. The molecule has 5 atom stereocenters. The van der Waals surface area contributed by atoms with Gasteiger partial charge in [0.25, 0.3) is 5.69 Å². The van der Waals surface area contributed by atoms with E-state index in [2.05, 4.69) is 0 Å². The molecule has 0 spiro atoms. The van der Waals surface area contributed by atoms with Crippen molar-refractivity contribution >= 4 is 17.7 Å². The molecule has 30 heavy (non-hydrogen) atoms. The number of alkyl carbamates (subject to hydrolysis) is 1. The van der Waals surface area contributed by atoms with E-state index in [0.29, 0.717) is 0 Å². The van der Waals surface area contributed by atoms with Gasteiger partial charge in [-0.15, -0.1) is 0 Å². The van der Waals surface area contributed by atoms with Crippen LogP contribution in [0.3, 0.4) is 0 Å². The lowest BCUT2D eigenvalue weighted by molar-refractivity contribution is -0.384. The van der Waals surface area contributed by atoms with Gasteiger partial charge in [0, 0.05) is 12.1 Å².